The lowest BCUT2D eigenvalue weighted by molar-refractivity contribution is 0.230. The summed E-state index contributed by atoms with van der Waals surface area (Å²) < 4.78 is 5.56. The van der Waals surface area contributed by atoms with Gasteiger partial charge < -0.3 is 15.6 Å². The summed E-state index contributed by atoms with van der Waals surface area (Å²) in [5.41, 5.74) is 9.85. The highest BCUT2D eigenvalue weighted by Gasteiger charge is 2.13. The quantitative estimate of drug-likeness (QED) is 0.732. The number of methoxy groups -OCH3 is 1. The molecule has 1 aromatic heterocycles. The van der Waals surface area contributed by atoms with E-state index in [-0.39, 0.29) is 12.5 Å². The summed E-state index contributed by atoms with van der Waals surface area (Å²) in [5.74, 6) is 0.877. The number of aliphatic hydroxyl groups is 1. The Morgan fingerprint density at radius 2 is 1.96 bits per heavy atom. The van der Waals surface area contributed by atoms with E-state index in [1.165, 1.54) is 0 Å². The third-order valence-corrected chi connectivity index (χ3v) is 4.30. The average molecular weight is 322 g/mol. The van der Waals surface area contributed by atoms with Crippen LogP contribution < -0.4 is 10.5 Å². The molecule has 3 rings (SSSR count). The smallest absolute Gasteiger partial charge is 0.126 e. The largest absolute Gasteiger partial charge is 0.496 e. The first-order valence-electron chi connectivity index (χ1n) is 8.08. The minimum absolute atomic E-state index is 0.0666. The summed E-state index contributed by atoms with van der Waals surface area (Å²) in [4.78, 5) is 4.54. The van der Waals surface area contributed by atoms with Gasteiger partial charge in [0.1, 0.15) is 5.75 Å². The molecule has 0 aliphatic carbocycles. The maximum absolute atomic E-state index is 9.40. The predicted molar refractivity (Wildman–Crippen MR) is 97.1 cm³/mol. The Hall–Kier alpha value is -2.43. The fraction of sp³-hybridized carbons (Fsp3) is 0.250. The lowest BCUT2D eigenvalue weighted by Crippen LogP contribution is -2.20. The van der Waals surface area contributed by atoms with Crippen LogP contribution in [-0.4, -0.2) is 30.4 Å². The molecular weight excluding hydrogens is 300 g/mol. The summed E-state index contributed by atoms with van der Waals surface area (Å²) in [5, 5.41) is 10.5. The Kier molecular flexibility index (Phi) is 5.08. The molecule has 4 heteroatoms. The minimum Gasteiger partial charge on any atom is -0.496 e. The normalized spacial score (nSPS) is 12.3. The second-order valence-corrected chi connectivity index (χ2v) is 5.90. The maximum atomic E-state index is 9.40. The van der Waals surface area contributed by atoms with Crippen LogP contribution in [-0.2, 0) is 6.42 Å². The highest BCUT2D eigenvalue weighted by molar-refractivity contribution is 5.95. The fourth-order valence-corrected chi connectivity index (χ4v) is 2.97. The molecule has 0 fully saturated rings. The molecule has 0 spiro atoms. The molecule has 3 aromatic rings. The van der Waals surface area contributed by atoms with Gasteiger partial charge in [0.15, 0.2) is 0 Å². The molecule has 0 aliphatic heterocycles. The topological polar surface area (TPSA) is 68.4 Å². The number of aliphatic hydroxyl groups excluding tert-OH is 1. The summed E-state index contributed by atoms with van der Waals surface area (Å²) in [6.07, 6.45) is 2.54. The first-order valence-corrected chi connectivity index (χ1v) is 8.08. The van der Waals surface area contributed by atoms with Gasteiger partial charge in [-0.1, -0.05) is 30.3 Å². The molecule has 124 valence electrons. The highest BCUT2D eigenvalue weighted by Crippen LogP contribution is 2.35. The van der Waals surface area contributed by atoms with Crippen molar-refractivity contribution in [3.63, 3.8) is 0 Å². The van der Waals surface area contributed by atoms with Gasteiger partial charge >= 0.3 is 0 Å². The monoisotopic (exact) mass is 322 g/mol. The molecule has 0 radical (unpaired) electrons. The Morgan fingerprint density at radius 1 is 1.12 bits per heavy atom. The summed E-state index contributed by atoms with van der Waals surface area (Å²) in [6, 6.07) is 16.2. The van der Waals surface area contributed by atoms with E-state index >= 15 is 0 Å². The van der Waals surface area contributed by atoms with Crippen molar-refractivity contribution in [2.24, 2.45) is 11.7 Å². The van der Waals surface area contributed by atoms with Gasteiger partial charge in [0.05, 0.1) is 12.6 Å². The molecule has 0 saturated carbocycles. The van der Waals surface area contributed by atoms with E-state index in [1.807, 2.05) is 24.3 Å². The Labute approximate surface area is 141 Å². The number of hydrogen-bond acceptors (Lipinski definition) is 4. The average Bonchev–Trinajstić information content (AvgIpc) is 2.65. The number of rotatable bonds is 6. The number of nitrogens with two attached hydrogens (primary N) is 1. The third kappa shape index (κ3) is 3.25. The van der Waals surface area contributed by atoms with Crippen LogP contribution >= 0.6 is 0 Å². The van der Waals surface area contributed by atoms with Crippen LogP contribution in [0.2, 0.25) is 0 Å². The molecular formula is C20H22N2O2. The van der Waals surface area contributed by atoms with E-state index in [2.05, 4.69) is 29.2 Å². The highest BCUT2D eigenvalue weighted by atomic mass is 16.5. The van der Waals surface area contributed by atoms with E-state index < -0.39 is 0 Å². The number of ether oxygens (including phenoxy) is 1. The van der Waals surface area contributed by atoms with Crippen molar-refractivity contribution >= 4 is 10.9 Å². The van der Waals surface area contributed by atoms with Gasteiger partial charge in [0.25, 0.3) is 0 Å². The number of nitrogens with zero attached hydrogens (tertiary/aromatic N) is 1. The lowest BCUT2D eigenvalue weighted by Gasteiger charge is -2.15. The van der Waals surface area contributed by atoms with Crippen molar-refractivity contribution in [3.05, 3.63) is 60.3 Å². The maximum Gasteiger partial charge on any atom is 0.126 e. The predicted octanol–water partition coefficient (Wildman–Crippen LogP) is 3.02. The first kappa shape index (κ1) is 16.4. The number of aromatic nitrogens is 1. The molecule has 2 aromatic carbocycles. The van der Waals surface area contributed by atoms with Gasteiger partial charge in [-0.25, -0.2) is 0 Å². The van der Waals surface area contributed by atoms with E-state index in [0.717, 1.165) is 39.8 Å². The molecule has 4 nitrogen and oxygen atoms in total. The van der Waals surface area contributed by atoms with Gasteiger partial charge in [0.2, 0.25) is 0 Å². The zero-order valence-corrected chi connectivity index (χ0v) is 13.8. The number of para-hydroxylation sites is 1. The van der Waals surface area contributed by atoms with Crippen LogP contribution in [0.4, 0.5) is 0 Å². The first-order chi connectivity index (χ1) is 11.8. The standard InChI is InChI=1S/C20H22N2O2/c1-24-19-8-7-14(10-15(12-21)13-23)11-18(19)17-6-2-4-16-5-3-9-22-20(16)17/h2-9,11,15,23H,10,12-13,21H2,1H3. The van der Waals surface area contributed by atoms with Crippen LogP contribution in [0.3, 0.4) is 0 Å². The number of pyridine rings is 1. The molecule has 0 bridgehead atoms. The fourth-order valence-electron chi connectivity index (χ4n) is 2.97. The van der Waals surface area contributed by atoms with Crippen molar-refractivity contribution in [2.45, 2.75) is 6.42 Å². The van der Waals surface area contributed by atoms with Crippen molar-refractivity contribution in [2.75, 3.05) is 20.3 Å². The lowest BCUT2D eigenvalue weighted by atomic mass is 9.94. The van der Waals surface area contributed by atoms with Gasteiger partial charge in [0, 0.05) is 29.3 Å². The van der Waals surface area contributed by atoms with Gasteiger partial charge in [-0.2, -0.15) is 0 Å². The minimum atomic E-state index is 0.0666. The Morgan fingerprint density at radius 3 is 2.71 bits per heavy atom. The number of hydrogen-bond donors (Lipinski definition) is 2. The van der Waals surface area contributed by atoms with Crippen LogP contribution in [0, 0.1) is 5.92 Å². The molecule has 1 heterocycles. The van der Waals surface area contributed by atoms with Crippen molar-refractivity contribution in [1.82, 2.24) is 4.98 Å². The molecule has 3 N–H and O–H groups in total. The van der Waals surface area contributed by atoms with Crippen molar-refractivity contribution in [1.29, 1.82) is 0 Å². The van der Waals surface area contributed by atoms with Gasteiger partial charge in [-0.05, 0) is 42.6 Å². The van der Waals surface area contributed by atoms with Crippen LogP contribution in [0.5, 0.6) is 5.75 Å². The third-order valence-electron chi connectivity index (χ3n) is 4.30. The van der Waals surface area contributed by atoms with Crippen molar-refractivity contribution in [3.8, 4) is 16.9 Å². The Balaban J connectivity index is 2.11. The van der Waals surface area contributed by atoms with Gasteiger partial charge in [-0.3, -0.25) is 4.98 Å². The molecule has 0 aliphatic rings. The van der Waals surface area contributed by atoms with Crippen LogP contribution in [0.1, 0.15) is 5.56 Å². The van der Waals surface area contributed by atoms with Crippen LogP contribution in [0.15, 0.2) is 54.7 Å². The molecule has 0 amide bonds. The second-order valence-electron chi connectivity index (χ2n) is 5.90. The Bertz CT molecular complexity index is 823. The van der Waals surface area contributed by atoms with E-state index in [4.69, 9.17) is 10.5 Å². The SMILES string of the molecule is COc1ccc(CC(CN)CO)cc1-c1cccc2cccnc12. The van der Waals surface area contributed by atoms with Crippen molar-refractivity contribution < 1.29 is 9.84 Å². The summed E-state index contributed by atoms with van der Waals surface area (Å²) in [6.45, 7) is 0.557. The molecule has 1 atom stereocenters. The molecule has 24 heavy (non-hydrogen) atoms. The van der Waals surface area contributed by atoms with E-state index in [0.29, 0.717) is 6.54 Å². The zero-order chi connectivity index (χ0) is 16.9. The van der Waals surface area contributed by atoms with Crippen LogP contribution in [0.25, 0.3) is 22.0 Å². The summed E-state index contributed by atoms with van der Waals surface area (Å²) in [7, 11) is 1.67. The molecule has 1 unspecified atom stereocenters. The van der Waals surface area contributed by atoms with E-state index in [1.54, 1.807) is 13.3 Å². The van der Waals surface area contributed by atoms with Gasteiger partial charge in [-0.15, -0.1) is 0 Å². The zero-order valence-electron chi connectivity index (χ0n) is 13.8. The van der Waals surface area contributed by atoms with E-state index in [9.17, 15) is 5.11 Å². The summed E-state index contributed by atoms with van der Waals surface area (Å²) >= 11 is 0. The molecule has 0 saturated heterocycles. The number of fused-ring (bicyclic) bond motifs is 1. The second kappa shape index (κ2) is 7.43. The number of benzene rings is 2.